The number of rotatable bonds is 5. The molecule has 12 heteroatoms. The Kier molecular flexibility index (Phi) is 6.67. The molecule has 2 saturated heterocycles. The van der Waals surface area contributed by atoms with E-state index in [1.165, 1.54) is 30.4 Å². The molecule has 0 atom stereocenters. The Morgan fingerprint density at radius 3 is 2.61 bits per heavy atom. The van der Waals surface area contributed by atoms with Gasteiger partial charge >= 0.3 is 0 Å². The SMILES string of the molecule is CC(=O)N1CCN(c2ncc3c(=O)c(C(=O)NCCN4CCCC4)c4sc5cc(Cl)ccc5n4c3n2)CC1. The van der Waals surface area contributed by atoms with Crippen molar-refractivity contribution in [3.05, 3.63) is 45.2 Å². The molecule has 4 aromatic rings. The van der Waals surface area contributed by atoms with Gasteiger partial charge in [0.15, 0.2) is 5.65 Å². The molecule has 198 valence electrons. The van der Waals surface area contributed by atoms with E-state index in [1.807, 2.05) is 21.4 Å². The minimum atomic E-state index is -0.393. The topological polar surface area (TPSA) is 103 Å². The van der Waals surface area contributed by atoms with Crippen molar-refractivity contribution >= 4 is 66.8 Å². The molecule has 3 aromatic heterocycles. The number of fused-ring (bicyclic) bond motifs is 5. The summed E-state index contributed by atoms with van der Waals surface area (Å²) in [7, 11) is 0. The van der Waals surface area contributed by atoms with E-state index >= 15 is 0 Å². The van der Waals surface area contributed by atoms with Crippen LogP contribution in [-0.2, 0) is 4.79 Å². The van der Waals surface area contributed by atoms with Crippen molar-refractivity contribution in [2.45, 2.75) is 19.8 Å². The number of likely N-dealkylation sites (tertiary alicyclic amines) is 1. The Morgan fingerprint density at radius 2 is 1.87 bits per heavy atom. The van der Waals surface area contributed by atoms with Gasteiger partial charge in [-0.15, -0.1) is 11.3 Å². The Hall–Kier alpha value is -3.28. The van der Waals surface area contributed by atoms with E-state index in [0.29, 0.717) is 54.2 Å². The molecule has 6 rings (SSSR count). The van der Waals surface area contributed by atoms with E-state index in [-0.39, 0.29) is 22.3 Å². The monoisotopic (exact) mass is 553 g/mol. The van der Waals surface area contributed by atoms with Crippen LogP contribution in [0.4, 0.5) is 5.95 Å². The van der Waals surface area contributed by atoms with E-state index in [2.05, 4.69) is 15.2 Å². The lowest BCUT2D eigenvalue weighted by molar-refractivity contribution is -0.129. The second-order valence-electron chi connectivity index (χ2n) is 9.76. The summed E-state index contributed by atoms with van der Waals surface area (Å²) >= 11 is 7.63. The van der Waals surface area contributed by atoms with Crippen molar-refractivity contribution in [2.75, 3.05) is 57.3 Å². The number of carbonyl (C=O) groups is 2. The summed E-state index contributed by atoms with van der Waals surface area (Å²) in [5.74, 6) is 0.146. The average Bonchev–Trinajstić information content (AvgIpc) is 3.56. The van der Waals surface area contributed by atoms with Crippen molar-refractivity contribution < 1.29 is 9.59 Å². The minimum Gasteiger partial charge on any atom is -0.351 e. The largest absolute Gasteiger partial charge is 0.351 e. The van der Waals surface area contributed by atoms with Gasteiger partial charge in [0, 0.05) is 57.4 Å². The van der Waals surface area contributed by atoms with Gasteiger partial charge in [0.25, 0.3) is 5.91 Å². The number of nitrogens with zero attached hydrogens (tertiary/aromatic N) is 6. The van der Waals surface area contributed by atoms with Crippen LogP contribution in [0.5, 0.6) is 0 Å². The molecule has 10 nitrogen and oxygen atoms in total. The van der Waals surface area contributed by atoms with E-state index < -0.39 is 5.91 Å². The number of nitrogens with one attached hydrogen (secondary N) is 1. The zero-order valence-electron chi connectivity index (χ0n) is 21.1. The highest BCUT2D eigenvalue weighted by molar-refractivity contribution is 7.24. The van der Waals surface area contributed by atoms with Gasteiger partial charge in [0.2, 0.25) is 17.3 Å². The summed E-state index contributed by atoms with van der Waals surface area (Å²) in [6, 6.07) is 5.51. The van der Waals surface area contributed by atoms with Gasteiger partial charge in [-0.3, -0.25) is 18.8 Å². The van der Waals surface area contributed by atoms with Crippen LogP contribution in [0, 0.1) is 0 Å². The minimum absolute atomic E-state index is 0.0481. The first-order chi connectivity index (χ1) is 18.4. The maximum Gasteiger partial charge on any atom is 0.258 e. The molecule has 1 N–H and O–H groups in total. The Balaban J connectivity index is 1.43. The second-order valence-corrected chi connectivity index (χ2v) is 11.2. The van der Waals surface area contributed by atoms with Gasteiger partial charge in [-0.1, -0.05) is 11.6 Å². The molecule has 2 amide bonds. The number of aromatic nitrogens is 3. The first kappa shape index (κ1) is 25.0. The third-order valence-corrected chi connectivity index (χ3v) is 8.73. The zero-order chi connectivity index (χ0) is 26.4. The molecule has 2 aliphatic rings. The van der Waals surface area contributed by atoms with E-state index in [1.54, 1.807) is 17.9 Å². The number of halogens is 1. The first-order valence-corrected chi connectivity index (χ1v) is 14.0. The summed E-state index contributed by atoms with van der Waals surface area (Å²) in [6.07, 6.45) is 3.88. The van der Waals surface area contributed by atoms with Crippen LogP contribution in [0.2, 0.25) is 5.02 Å². The maximum atomic E-state index is 13.7. The number of thiazole rings is 1. The zero-order valence-corrected chi connectivity index (χ0v) is 22.6. The summed E-state index contributed by atoms with van der Waals surface area (Å²) in [5, 5.41) is 3.82. The fourth-order valence-corrected chi connectivity index (χ4v) is 6.77. The van der Waals surface area contributed by atoms with Crippen LogP contribution >= 0.6 is 22.9 Å². The molecule has 0 unspecified atom stereocenters. The third kappa shape index (κ3) is 4.48. The number of anilines is 1. The van der Waals surface area contributed by atoms with Crippen LogP contribution in [0.15, 0.2) is 29.2 Å². The lowest BCUT2D eigenvalue weighted by Crippen LogP contribution is -2.48. The number of carbonyl (C=O) groups excluding carboxylic acids is 2. The highest BCUT2D eigenvalue weighted by atomic mass is 35.5. The number of pyridine rings is 1. The van der Waals surface area contributed by atoms with Crippen LogP contribution in [0.1, 0.15) is 30.1 Å². The summed E-state index contributed by atoms with van der Waals surface area (Å²) in [6.45, 7) is 7.25. The quantitative estimate of drug-likeness (QED) is 0.405. The molecule has 1 aromatic carbocycles. The predicted octanol–water partition coefficient (Wildman–Crippen LogP) is 2.60. The van der Waals surface area contributed by atoms with Gasteiger partial charge in [-0.05, 0) is 44.1 Å². The molecular formula is C26H28ClN7O3S. The summed E-state index contributed by atoms with van der Waals surface area (Å²) < 4.78 is 2.73. The normalized spacial score (nSPS) is 16.7. The van der Waals surface area contributed by atoms with Gasteiger partial charge in [0.05, 0.1) is 15.6 Å². The van der Waals surface area contributed by atoms with Crippen molar-refractivity contribution in [3.8, 4) is 0 Å². The molecule has 0 bridgehead atoms. The molecule has 38 heavy (non-hydrogen) atoms. The summed E-state index contributed by atoms with van der Waals surface area (Å²) in [4.78, 5) is 54.8. The first-order valence-electron chi connectivity index (χ1n) is 12.9. The lowest BCUT2D eigenvalue weighted by Gasteiger charge is -2.34. The maximum absolute atomic E-state index is 13.7. The van der Waals surface area contributed by atoms with Crippen molar-refractivity contribution in [2.24, 2.45) is 0 Å². The lowest BCUT2D eigenvalue weighted by atomic mass is 10.2. The van der Waals surface area contributed by atoms with E-state index in [9.17, 15) is 14.4 Å². The van der Waals surface area contributed by atoms with Crippen molar-refractivity contribution in [3.63, 3.8) is 0 Å². The molecule has 0 saturated carbocycles. The standard InChI is InChI=1S/C26H28ClN7O3S/c1-16(35)32-10-12-33(13-11-32)26-29-15-18-22(36)21(24(37)28-6-9-31-7-2-3-8-31)25-34(23(18)30-26)19-5-4-17(27)14-20(19)38-25/h4-5,14-15H,2-3,6-13H2,1H3,(H,28,37). The molecule has 2 fully saturated rings. The third-order valence-electron chi connectivity index (χ3n) is 7.37. The summed E-state index contributed by atoms with van der Waals surface area (Å²) in [5.41, 5.74) is 0.981. The van der Waals surface area contributed by atoms with Crippen molar-refractivity contribution in [1.82, 2.24) is 29.5 Å². The highest BCUT2D eigenvalue weighted by Gasteiger charge is 2.25. The Bertz CT molecular complexity index is 1620. The van der Waals surface area contributed by atoms with Gasteiger partial charge < -0.3 is 20.0 Å². The fraction of sp³-hybridized carbons (Fsp3) is 0.423. The Morgan fingerprint density at radius 1 is 1.11 bits per heavy atom. The number of amides is 2. The molecule has 0 radical (unpaired) electrons. The van der Waals surface area contributed by atoms with Gasteiger partial charge in [0.1, 0.15) is 10.4 Å². The van der Waals surface area contributed by atoms with Gasteiger partial charge in [-0.25, -0.2) is 4.98 Å². The molecule has 0 aliphatic carbocycles. The van der Waals surface area contributed by atoms with Crippen LogP contribution in [0.25, 0.3) is 26.1 Å². The average molecular weight is 554 g/mol. The molecule has 0 spiro atoms. The predicted molar refractivity (Wildman–Crippen MR) is 150 cm³/mol. The molecule has 5 heterocycles. The number of hydrogen-bond donors (Lipinski definition) is 1. The van der Waals surface area contributed by atoms with E-state index in [4.69, 9.17) is 16.6 Å². The molecular weight excluding hydrogens is 526 g/mol. The highest BCUT2D eigenvalue weighted by Crippen LogP contribution is 2.32. The van der Waals surface area contributed by atoms with Crippen LogP contribution in [-0.4, -0.2) is 88.3 Å². The number of benzene rings is 1. The number of hydrogen-bond acceptors (Lipinski definition) is 8. The molecule has 2 aliphatic heterocycles. The van der Waals surface area contributed by atoms with Crippen LogP contribution in [0.3, 0.4) is 0 Å². The Labute approximate surface area is 227 Å². The van der Waals surface area contributed by atoms with E-state index in [0.717, 1.165) is 29.9 Å². The fourth-order valence-electron chi connectivity index (χ4n) is 5.31. The van der Waals surface area contributed by atoms with Crippen LogP contribution < -0.4 is 15.6 Å². The smallest absolute Gasteiger partial charge is 0.258 e. The number of piperazine rings is 1. The van der Waals surface area contributed by atoms with Crippen molar-refractivity contribution in [1.29, 1.82) is 0 Å². The second kappa shape index (κ2) is 10.1. The van der Waals surface area contributed by atoms with Gasteiger partial charge in [-0.2, -0.15) is 4.98 Å².